The maximum absolute atomic E-state index is 5.89. The number of aryl methyl sites for hydroxylation is 1. The van der Waals surface area contributed by atoms with Crippen LogP contribution in [0.1, 0.15) is 25.8 Å². The van der Waals surface area contributed by atoms with E-state index in [2.05, 4.69) is 13.8 Å². The highest BCUT2D eigenvalue weighted by molar-refractivity contribution is 6.30. The number of hydrogen-bond donors (Lipinski definition) is 0. The third kappa shape index (κ3) is 3.22. The highest BCUT2D eigenvalue weighted by Crippen LogP contribution is 2.23. The smallest absolute Gasteiger partial charge is 0.123 e. The molecule has 1 nitrogen and oxygen atoms in total. The van der Waals surface area contributed by atoms with E-state index in [9.17, 15) is 0 Å². The van der Waals surface area contributed by atoms with E-state index in [0.717, 1.165) is 29.4 Å². The lowest BCUT2D eigenvalue weighted by Crippen LogP contribution is -2.07. The van der Waals surface area contributed by atoms with Crippen LogP contribution in [0.4, 0.5) is 0 Å². The van der Waals surface area contributed by atoms with Crippen LogP contribution < -0.4 is 4.74 Å². The van der Waals surface area contributed by atoms with Crippen LogP contribution in [-0.2, 0) is 0 Å². The molecular formula is C12H17ClO. The van der Waals surface area contributed by atoms with E-state index in [1.54, 1.807) is 0 Å². The second kappa shape index (κ2) is 5.26. The number of rotatable bonds is 4. The highest BCUT2D eigenvalue weighted by atomic mass is 35.5. The van der Waals surface area contributed by atoms with Crippen molar-refractivity contribution in [1.29, 1.82) is 0 Å². The lowest BCUT2D eigenvalue weighted by Gasteiger charge is -2.12. The van der Waals surface area contributed by atoms with Gasteiger partial charge in [-0.1, -0.05) is 37.9 Å². The minimum absolute atomic E-state index is 0.591. The molecule has 0 N–H and O–H groups in total. The summed E-state index contributed by atoms with van der Waals surface area (Å²) in [5.41, 5.74) is 1.14. The maximum atomic E-state index is 5.89. The molecule has 0 radical (unpaired) electrons. The van der Waals surface area contributed by atoms with Gasteiger partial charge < -0.3 is 4.74 Å². The van der Waals surface area contributed by atoms with Crippen molar-refractivity contribution in [3.8, 4) is 5.75 Å². The van der Waals surface area contributed by atoms with Crippen LogP contribution in [-0.4, -0.2) is 6.61 Å². The maximum Gasteiger partial charge on any atom is 0.123 e. The number of halogens is 1. The molecule has 0 bridgehead atoms. The first-order valence-electron chi connectivity index (χ1n) is 5.02. The van der Waals surface area contributed by atoms with Gasteiger partial charge in [-0.05, 0) is 30.5 Å². The van der Waals surface area contributed by atoms with Gasteiger partial charge in [0, 0.05) is 5.02 Å². The molecular weight excluding hydrogens is 196 g/mol. The summed E-state index contributed by atoms with van der Waals surface area (Å²) in [4.78, 5) is 0. The molecule has 0 saturated heterocycles. The molecule has 0 amide bonds. The molecule has 0 aliphatic carbocycles. The summed E-state index contributed by atoms with van der Waals surface area (Å²) in [5.74, 6) is 1.49. The van der Waals surface area contributed by atoms with Crippen molar-refractivity contribution >= 4 is 11.6 Å². The normalized spacial score (nSPS) is 12.6. The SMILES string of the molecule is CCC(C)COc1cc(Cl)ccc1C. The Morgan fingerprint density at radius 2 is 2.14 bits per heavy atom. The molecule has 0 aliphatic rings. The van der Waals surface area contributed by atoms with Gasteiger partial charge in [0.25, 0.3) is 0 Å². The fourth-order valence-corrected chi connectivity index (χ4v) is 1.24. The summed E-state index contributed by atoms with van der Waals surface area (Å²) in [6.07, 6.45) is 1.14. The molecule has 1 aromatic rings. The van der Waals surface area contributed by atoms with E-state index in [0.29, 0.717) is 5.92 Å². The topological polar surface area (TPSA) is 9.23 Å². The van der Waals surface area contributed by atoms with Gasteiger partial charge in [-0.2, -0.15) is 0 Å². The molecule has 1 rings (SSSR count). The molecule has 1 unspecified atom stereocenters. The summed E-state index contributed by atoms with van der Waals surface area (Å²) in [5, 5.41) is 0.731. The van der Waals surface area contributed by atoms with Crippen molar-refractivity contribution in [1.82, 2.24) is 0 Å². The Labute approximate surface area is 91.0 Å². The molecule has 0 heterocycles. The Morgan fingerprint density at radius 3 is 2.79 bits per heavy atom. The summed E-state index contributed by atoms with van der Waals surface area (Å²) >= 11 is 5.89. The molecule has 0 saturated carbocycles. The van der Waals surface area contributed by atoms with Crippen molar-refractivity contribution in [2.75, 3.05) is 6.61 Å². The van der Waals surface area contributed by atoms with Crippen LogP contribution in [0, 0.1) is 12.8 Å². The Balaban J connectivity index is 2.62. The van der Waals surface area contributed by atoms with Gasteiger partial charge in [0.2, 0.25) is 0 Å². The summed E-state index contributed by atoms with van der Waals surface area (Å²) in [7, 11) is 0. The molecule has 1 aromatic carbocycles. The lowest BCUT2D eigenvalue weighted by molar-refractivity contribution is 0.255. The molecule has 0 aliphatic heterocycles. The van der Waals surface area contributed by atoms with Gasteiger partial charge in [-0.25, -0.2) is 0 Å². The quantitative estimate of drug-likeness (QED) is 0.731. The zero-order valence-corrected chi connectivity index (χ0v) is 9.77. The molecule has 0 fully saturated rings. The van der Waals surface area contributed by atoms with Gasteiger partial charge in [-0.15, -0.1) is 0 Å². The van der Waals surface area contributed by atoms with Crippen molar-refractivity contribution < 1.29 is 4.74 Å². The van der Waals surface area contributed by atoms with Crippen molar-refractivity contribution in [2.24, 2.45) is 5.92 Å². The van der Waals surface area contributed by atoms with E-state index in [4.69, 9.17) is 16.3 Å². The third-order valence-electron chi connectivity index (χ3n) is 2.37. The van der Waals surface area contributed by atoms with E-state index >= 15 is 0 Å². The van der Waals surface area contributed by atoms with Crippen LogP contribution in [0.3, 0.4) is 0 Å². The molecule has 78 valence electrons. The van der Waals surface area contributed by atoms with Crippen LogP contribution in [0.5, 0.6) is 5.75 Å². The second-order valence-corrected chi connectivity index (χ2v) is 4.17. The Bertz CT molecular complexity index is 296. The standard InChI is InChI=1S/C12H17ClO/c1-4-9(2)8-14-12-7-11(13)6-5-10(12)3/h5-7,9H,4,8H2,1-3H3. The van der Waals surface area contributed by atoms with E-state index < -0.39 is 0 Å². The predicted molar refractivity (Wildman–Crippen MR) is 61.1 cm³/mol. The van der Waals surface area contributed by atoms with Gasteiger partial charge >= 0.3 is 0 Å². The molecule has 2 heteroatoms. The van der Waals surface area contributed by atoms with E-state index in [1.165, 1.54) is 0 Å². The predicted octanol–water partition coefficient (Wildman–Crippen LogP) is 4.07. The average molecular weight is 213 g/mol. The second-order valence-electron chi connectivity index (χ2n) is 3.73. The Hall–Kier alpha value is -0.690. The van der Waals surface area contributed by atoms with Gasteiger partial charge in [0.05, 0.1) is 6.61 Å². The molecule has 0 spiro atoms. The monoisotopic (exact) mass is 212 g/mol. The zero-order chi connectivity index (χ0) is 10.6. The summed E-state index contributed by atoms with van der Waals surface area (Å²) in [6, 6.07) is 5.74. The minimum atomic E-state index is 0.591. The van der Waals surface area contributed by atoms with Crippen LogP contribution >= 0.6 is 11.6 Å². The first-order valence-corrected chi connectivity index (χ1v) is 5.40. The van der Waals surface area contributed by atoms with Gasteiger partial charge in [0.15, 0.2) is 0 Å². The van der Waals surface area contributed by atoms with Crippen LogP contribution in [0.25, 0.3) is 0 Å². The summed E-state index contributed by atoms with van der Waals surface area (Å²) in [6.45, 7) is 7.14. The summed E-state index contributed by atoms with van der Waals surface area (Å²) < 4.78 is 5.69. The Kier molecular flexibility index (Phi) is 4.27. The van der Waals surface area contributed by atoms with Crippen LogP contribution in [0.2, 0.25) is 5.02 Å². The number of ether oxygens (including phenoxy) is 1. The lowest BCUT2D eigenvalue weighted by atomic mass is 10.1. The van der Waals surface area contributed by atoms with Crippen LogP contribution in [0.15, 0.2) is 18.2 Å². The van der Waals surface area contributed by atoms with Gasteiger partial charge in [0.1, 0.15) is 5.75 Å². The van der Waals surface area contributed by atoms with E-state index in [1.807, 2.05) is 25.1 Å². The fourth-order valence-electron chi connectivity index (χ4n) is 1.08. The molecule has 1 atom stereocenters. The van der Waals surface area contributed by atoms with E-state index in [-0.39, 0.29) is 0 Å². The first kappa shape index (κ1) is 11.4. The number of benzene rings is 1. The zero-order valence-electron chi connectivity index (χ0n) is 9.01. The Morgan fingerprint density at radius 1 is 1.43 bits per heavy atom. The largest absolute Gasteiger partial charge is 0.493 e. The third-order valence-corrected chi connectivity index (χ3v) is 2.61. The van der Waals surface area contributed by atoms with Gasteiger partial charge in [-0.3, -0.25) is 0 Å². The molecule has 14 heavy (non-hydrogen) atoms. The number of hydrogen-bond acceptors (Lipinski definition) is 1. The van der Waals surface area contributed by atoms with Crippen molar-refractivity contribution in [3.63, 3.8) is 0 Å². The first-order chi connectivity index (χ1) is 6.63. The minimum Gasteiger partial charge on any atom is -0.493 e. The van der Waals surface area contributed by atoms with Crippen molar-refractivity contribution in [3.05, 3.63) is 28.8 Å². The van der Waals surface area contributed by atoms with Crippen molar-refractivity contribution in [2.45, 2.75) is 27.2 Å². The molecule has 0 aromatic heterocycles. The fraction of sp³-hybridized carbons (Fsp3) is 0.500. The highest BCUT2D eigenvalue weighted by Gasteiger charge is 2.03. The average Bonchev–Trinajstić information content (AvgIpc) is 2.19.